The molecule has 2 unspecified atom stereocenters. The molecule has 0 saturated carbocycles. The zero-order chi connectivity index (χ0) is 13.4. The molecule has 1 aliphatic heterocycles. The van der Waals surface area contributed by atoms with Gasteiger partial charge in [-0.15, -0.1) is 0 Å². The van der Waals surface area contributed by atoms with E-state index in [-0.39, 0.29) is 0 Å². The van der Waals surface area contributed by atoms with Crippen LogP contribution in [0.2, 0.25) is 0 Å². The van der Waals surface area contributed by atoms with Crippen LogP contribution in [0.5, 0.6) is 0 Å². The summed E-state index contributed by atoms with van der Waals surface area (Å²) >= 11 is 0. The maximum atomic E-state index is 5.84. The molecule has 0 amide bonds. The van der Waals surface area contributed by atoms with Crippen LogP contribution < -0.4 is 0 Å². The van der Waals surface area contributed by atoms with E-state index in [0.29, 0.717) is 11.8 Å². The molecule has 0 aliphatic carbocycles. The monoisotopic (exact) mass is 256 g/mol. The van der Waals surface area contributed by atoms with Crippen LogP contribution in [0.1, 0.15) is 33.1 Å². The summed E-state index contributed by atoms with van der Waals surface area (Å²) in [7, 11) is 4.48. The first-order chi connectivity index (χ1) is 8.58. The van der Waals surface area contributed by atoms with Crippen molar-refractivity contribution in [2.75, 3.05) is 53.5 Å². The van der Waals surface area contributed by atoms with Crippen molar-refractivity contribution < 1.29 is 4.74 Å². The summed E-state index contributed by atoms with van der Waals surface area (Å²) in [6, 6.07) is 0. The predicted molar refractivity (Wildman–Crippen MR) is 78.0 cm³/mol. The highest BCUT2D eigenvalue weighted by Crippen LogP contribution is 2.09. The van der Waals surface area contributed by atoms with Crippen molar-refractivity contribution in [2.45, 2.75) is 33.1 Å². The fourth-order valence-corrected chi connectivity index (χ4v) is 2.35. The van der Waals surface area contributed by atoms with Gasteiger partial charge < -0.3 is 14.5 Å². The first kappa shape index (κ1) is 15.9. The molecule has 108 valence electrons. The van der Waals surface area contributed by atoms with Crippen molar-refractivity contribution in [3.8, 4) is 0 Å². The second-order valence-corrected chi connectivity index (χ2v) is 6.29. The summed E-state index contributed by atoms with van der Waals surface area (Å²) in [5, 5.41) is 0. The van der Waals surface area contributed by atoms with Gasteiger partial charge in [0.2, 0.25) is 0 Å². The van der Waals surface area contributed by atoms with Crippen molar-refractivity contribution in [3.05, 3.63) is 0 Å². The molecule has 0 aromatic heterocycles. The normalized spacial score (nSPS) is 32.0. The van der Waals surface area contributed by atoms with E-state index >= 15 is 0 Å². The van der Waals surface area contributed by atoms with Gasteiger partial charge in [-0.2, -0.15) is 0 Å². The van der Waals surface area contributed by atoms with Crippen molar-refractivity contribution in [1.82, 2.24) is 9.80 Å². The van der Waals surface area contributed by atoms with E-state index in [2.05, 4.69) is 37.7 Å². The van der Waals surface area contributed by atoms with Crippen molar-refractivity contribution in [2.24, 2.45) is 11.8 Å². The molecule has 2 atom stereocenters. The molecule has 0 aromatic rings. The Balaban J connectivity index is 2.36. The van der Waals surface area contributed by atoms with E-state index < -0.39 is 0 Å². The van der Waals surface area contributed by atoms with E-state index in [4.69, 9.17) is 4.74 Å². The third-order valence-corrected chi connectivity index (χ3v) is 3.89. The number of ether oxygens (including phenoxy) is 1. The van der Waals surface area contributed by atoms with E-state index in [1.165, 1.54) is 45.4 Å². The van der Waals surface area contributed by atoms with Gasteiger partial charge in [-0.25, -0.2) is 0 Å². The number of rotatable bonds is 0. The fraction of sp³-hybridized carbons (Fsp3) is 1.00. The first-order valence-electron chi connectivity index (χ1n) is 7.52. The topological polar surface area (TPSA) is 15.7 Å². The molecular formula is C15H32N2O. The summed E-state index contributed by atoms with van der Waals surface area (Å²) < 4.78 is 5.84. The molecule has 3 nitrogen and oxygen atoms in total. The molecule has 0 N–H and O–H groups in total. The van der Waals surface area contributed by atoms with Crippen molar-refractivity contribution in [3.63, 3.8) is 0 Å². The molecular weight excluding hydrogens is 224 g/mol. The quantitative estimate of drug-likeness (QED) is 0.661. The molecule has 0 spiro atoms. The molecule has 1 fully saturated rings. The zero-order valence-corrected chi connectivity index (χ0v) is 12.8. The minimum absolute atomic E-state index is 0.685. The first-order valence-corrected chi connectivity index (χ1v) is 7.52. The van der Waals surface area contributed by atoms with Gasteiger partial charge >= 0.3 is 0 Å². The predicted octanol–water partition coefficient (Wildman–Crippen LogP) is 2.32. The van der Waals surface area contributed by atoms with Gasteiger partial charge in [0.25, 0.3) is 0 Å². The van der Waals surface area contributed by atoms with Gasteiger partial charge in [-0.1, -0.05) is 13.8 Å². The van der Waals surface area contributed by atoms with Crippen LogP contribution in [0.15, 0.2) is 0 Å². The molecule has 1 heterocycles. The van der Waals surface area contributed by atoms with E-state index in [1.807, 2.05) is 0 Å². The Morgan fingerprint density at radius 1 is 0.778 bits per heavy atom. The zero-order valence-electron chi connectivity index (χ0n) is 12.8. The van der Waals surface area contributed by atoms with E-state index in [0.717, 1.165) is 13.2 Å². The Kier molecular flexibility index (Phi) is 7.87. The third kappa shape index (κ3) is 7.34. The lowest BCUT2D eigenvalue weighted by Crippen LogP contribution is -2.29. The van der Waals surface area contributed by atoms with Gasteiger partial charge in [-0.05, 0) is 71.4 Å². The molecule has 0 radical (unpaired) electrons. The van der Waals surface area contributed by atoms with Crippen molar-refractivity contribution in [1.29, 1.82) is 0 Å². The summed E-state index contributed by atoms with van der Waals surface area (Å²) in [6.07, 6.45) is 3.79. The van der Waals surface area contributed by atoms with Gasteiger partial charge in [-0.3, -0.25) is 0 Å². The summed E-state index contributed by atoms with van der Waals surface area (Å²) in [5.41, 5.74) is 0. The Morgan fingerprint density at radius 2 is 1.22 bits per heavy atom. The van der Waals surface area contributed by atoms with Gasteiger partial charge in [0.05, 0.1) is 0 Å². The lowest BCUT2D eigenvalue weighted by molar-refractivity contribution is 0.0688. The van der Waals surface area contributed by atoms with Gasteiger partial charge in [0.1, 0.15) is 0 Å². The second kappa shape index (κ2) is 8.89. The van der Waals surface area contributed by atoms with Crippen LogP contribution in [0.25, 0.3) is 0 Å². The minimum Gasteiger partial charge on any atom is -0.381 e. The van der Waals surface area contributed by atoms with Crippen LogP contribution in [-0.2, 0) is 4.74 Å². The SMILES string of the molecule is CC1CCN(C)CCCN(C)CCC(C)COC1. The number of hydrogen-bond acceptors (Lipinski definition) is 3. The smallest absolute Gasteiger partial charge is 0.0492 e. The maximum absolute atomic E-state index is 5.84. The van der Waals surface area contributed by atoms with Gasteiger partial charge in [0, 0.05) is 13.2 Å². The Bertz CT molecular complexity index is 169. The molecule has 1 rings (SSSR count). The van der Waals surface area contributed by atoms with Crippen LogP contribution in [0, 0.1) is 11.8 Å². The van der Waals surface area contributed by atoms with Crippen LogP contribution in [0.4, 0.5) is 0 Å². The van der Waals surface area contributed by atoms with Gasteiger partial charge in [0.15, 0.2) is 0 Å². The fourth-order valence-electron chi connectivity index (χ4n) is 2.35. The Hall–Kier alpha value is -0.120. The number of nitrogens with zero attached hydrogens (tertiary/aromatic N) is 2. The highest BCUT2D eigenvalue weighted by Gasteiger charge is 2.10. The molecule has 1 saturated heterocycles. The number of hydrogen-bond donors (Lipinski definition) is 0. The van der Waals surface area contributed by atoms with Crippen LogP contribution in [0.3, 0.4) is 0 Å². The largest absolute Gasteiger partial charge is 0.381 e. The minimum atomic E-state index is 0.685. The molecule has 18 heavy (non-hydrogen) atoms. The highest BCUT2D eigenvalue weighted by atomic mass is 16.5. The third-order valence-electron chi connectivity index (χ3n) is 3.89. The maximum Gasteiger partial charge on any atom is 0.0492 e. The Labute approximate surface area is 113 Å². The molecule has 0 aromatic carbocycles. The summed E-state index contributed by atoms with van der Waals surface area (Å²) in [4.78, 5) is 4.91. The lowest BCUT2D eigenvalue weighted by atomic mass is 10.1. The van der Waals surface area contributed by atoms with Crippen LogP contribution >= 0.6 is 0 Å². The molecule has 0 bridgehead atoms. The lowest BCUT2D eigenvalue weighted by Gasteiger charge is -2.24. The standard InChI is InChI=1S/C15H32N2O/c1-14-6-10-16(3)8-5-9-17(4)11-7-15(2)13-18-12-14/h14-15H,5-13H2,1-4H3. The highest BCUT2D eigenvalue weighted by molar-refractivity contribution is 4.62. The van der Waals surface area contributed by atoms with Crippen LogP contribution in [-0.4, -0.2) is 63.3 Å². The summed E-state index contributed by atoms with van der Waals surface area (Å²) in [6.45, 7) is 11.3. The second-order valence-electron chi connectivity index (χ2n) is 6.29. The van der Waals surface area contributed by atoms with Crippen molar-refractivity contribution >= 4 is 0 Å². The Morgan fingerprint density at radius 3 is 1.67 bits per heavy atom. The average molecular weight is 256 g/mol. The average Bonchev–Trinajstić information content (AvgIpc) is 2.33. The molecule has 1 aliphatic rings. The summed E-state index contributed by atoms with van der Waals surface area (Å²) in [5.74, 6) is 1.37. The molecule has 3 heteroatoms. The van der Waals surface area contributed by atoms with E-state index in [9.17, 15) is 0 Å². The van der Waals surface area contributed by atoms with E-state index in [1.54, 1.807) is 0 Å².